The number of hydrogen-bond donors (Lipinski definition) is 1. The highest BCUT2D eigenvalue weighted by Crippen LogP contribution is 2.24. The Balaban J connectivity index is 1.69. The van der Waals surface area contributed by atoms with Crippen molar-refractivity contribution in [2.24, 2.45) is 0 Å². The van der Waals surface area contributed by atoms with Crippen molar-refractivity contribution in [3.63, 3.8) is 0 Å². The molecule has 1 aliphatic heterocycles. The molecule has 7 heteroatoms. The second-order valence-electron chi connectivity index (χ2n) is 5.24. The van der Waals surface area contributed by atoms with E-state index < -0.39 is 0 Å². The van der Waals surface area contributed by atoms with Gasteiger partial charge >= 0.3 is 0 Å². The van der Waals surface area contributed by atoms with Gasteiger partial charge in [0.15, 0.2) is 5.13 Å². The van der Waals surface area contributed by atoms with E-state index in [0.717, 1.165) is 5.56 Å². The Labute approximate surface area is 138 Å². The first-order valence-corrected chi connectivity index (χ1v) is 8.20. The second-order valence-corrected chi connectivity index (χ2v) is 6.10. The van der Waals surface area contributed by atoms with Crippen LogP contribution in [0.15, 0.2) is 35.7 Å². The molecule has 0 aliphatic carbocycles. The van der Waals surface area contributed by atoms with Gasteiger partial charge in [0.25, 0.3) is 5.91 Å². The zero-order valence-electron chi connectivity index (χ0n) is 12.7. The van der Waals surface area contributed by atoms with Crippen molar-refractivity contribution < 1.29 is 14.3 Å². The Kier molecular flexibility index (Phi) is 4.68. The molecule has 0 saturated carbocycles. The number of aromatic nitrogens is 1. The Bertz CT molecular complexity index is 702. The molecule has 1 saturated heterocycles. The maximum Gasteiger partial charge on any atom is 0.273 e. The lowest BCUT2D eigenvalue weighted by molar-refractivity contribution is -0.114. The highest BCUT2D eigenvalue weighted by atomic mass is 32.1. The minimum Gasteiger partial charge on any atom is -0.370 e. The number of thiazole rings is 1. The summed E-state index contributed by atoms with van der Waals surface area (Å²) in [5.74, 6) is -0.337. The number of amides is 2. The smallest absolute Gasteiger partial charge is 0.273 e. The summed E-state index contributed by atoms with van der Waals surface area (Å²) in [5, 5.41) is 4.70. The molecule has 2 amide bonds. The van der Waals surface area contributed by atoms with Gasteiger partial charge in [-0.2, -0.15) is 0 Å². The fourth-order valence-electron chi connectivity index (χ4n) is 2.45. The topological polar surface area (TPSA) is 71.5 Å². The average Bonchev–Trinajstić information content (AvgIpc) is 3.03. The highest BCUT2D eigenvalue weighted by molar-refractivity contribution is 7.14. The largest absolute Gasteiger partial charge is 0.370 e. The van der Waals surface area contributed by atoms with Crippen molar-refractivity contribution >= 4 is 28.3 Å². The van der Waals surface area contributed by atoms with Crippen LogP contribution in [0.4, 0.5) is 5.13 Å². The minimum atomic E-state index is -0.200. The van der Waals surface area contributed by atoms with Crippen molar-refractivity contribution in [1.29, 1.82) is 0 Å². The maximum absolute atomic E-state index is 12.6. The summed E-state index contributed by atoms with van der Waals surface area (Å²) in [6.07, 6.45) is -0.123. The first-order chi connectivity index (χ1) is 11.1. The molecular weight excluding hydrogens is 314 g/mol. The quantitative estimate of drug-likeness (QED) is 0.937. The number of rotatable bonds is 3. The molecule has 120 valence electrons. The van der Waals surface area contributed by atoms with Gasteiger partial charge in [0.1, 0.15) is 11.8 Å². The monoisotopic (exact) mass is 331 g/mol. The van der Waals surface area contributed by atoms with Crippen molar-refractivity contribution in [1.82, 2.24) is 9.88 Å². The van der Waals surface area contributed by atoms with Gasteiger partial charge in [-0.15, -0.1) is 11.3 Å². The fraction of sp³-hybridized carbons (Fsp3) is 0.312. The van der Waals surface area contributed by atoms with Crippen LogP contribution in [0.2, 0.25) is 0 Å². The third-order valence-corrected chi connectivity index (χ3v) is 4.29. The van der Waals surface area contributed by atoms with Gasteiger partial charge in [-0.25, -0.2) is 4.98 Å². The molecule has 1 aliphatic rings. The predicted octanol–water partition coefficient (Wildman–Crippen LogP) is 2.32. The molecule has 1 aromatic heterocycles. The molecule has 23 heavy (non-hydrogen) atoms. The molecule has 1 aromatic carbocycles. The number of nitrogens with one attached hydrogen (secondary N) is 1. The fourth-order valence-corrected chi connectivity index (χ4v) is 3.18. The average molecular weight is 331 g/mol. The van der Waals surface area contributed by atoms with Gasteiger partial charge < -0.3 is 15.0 Å². The summed E-state index contributed by atoms with van der Waals surface area (Å²) >= 11 is 1.25. The maximum atomic E-state index is 12.6. The van der Waals surface area contributed by atoms with Crippen LogP contribution < -0.4 is 5.32 Å². The number of nitrogens with zero attached hydrogens (tertiary/aromatic N) is 2. The second kappa shape index (κ2) is 6.89. The molecule has 1 atom stereocenters. The molecule has 0 unspecified atom stereocenters. The molecule has 6 nitrogen and oxygen atoms in total. The Morgan fingerprint density at radius 2 is 2.13 bits per heavy atom. The first-order valence-electron chi connectivity index (χ1n) is 7.32. The van der Waals surface area contributed by atoms with Gasteiger partial charge in [0, 0.05) is 18.8 Å². The van der Waals surface area contributed by atoms with E-state index in [4.69, 9.17) is 4.74 Å². The molecule has 2 aromatic rings. The standard InChI is InChI=1S/C16H17N3O3S/c1-11(20)17-16-18-13(10-23-16)15(21)19-7-8-22-14(9-19)12-5-3-2-4-6-12/h2-6,10,14H,7-9H2,1H3,(H,17,18,20)/t14-/m0/s1. The molecule has 1 N–H and O–H groups in total. The number of morpholine rings is 1. The lowest BCUT2D eigenvalue weighted by Gasteiger charge is -2.32. The summed E-state index contributed by atoms with van der Waals surface area (Å²) in [7, 11) is 0. The Morgan fingerprint density at radius 3 is 2.87 bits per heavy atom. The Morgan fingerprint density at radius 1 is 1.35 bits per heavy atom. The van der Waals surface area contributed by atoms with E-state index >= 15 is 0 Å². The van der Waals surface area contributed by atoms with Gasteiger partial charge in [0.05, 0.1) is 13.2 Å². The number of benzene rings is 1. The van der Waals surface area contributed by atoms with Crippen molar-refractivity contribution in [3.05, 3.63) is 47.0 Å². The van der Waals surface area contributed by atoms with Crippen LogP contribution in [-0.2, 0) is 9.53 Å². The number of carbonyl (C=O) groups excluding carboxylic acids is 2. The van der Waals surface area contributed by atoms with Crippen LogP contribution in [0.3, 0.4) is 0 Å². The van der Waals surface area contributed by atoms with Crippen LogP contribution in [0.25, 0.3) is 0 Å². The molecule has 3 rings (SSSR count). The molecule has 0 bridgehead atoms. The summed E-state index contributed by atoms with van der Waals surface area (Å²) in [4.78, 5) is 29.5. The van der Waals surface area contributed by atoms with Crippen molar-refractivity contribution in [3.8, 4) is 0 Å². The SMILES string of the molecule is CC(=O)Nc1nc(C(=O)N2CCO[C@H](c3ccccc3)C2)cs1. The van der Waals surface area contributed by atoms with Gasteiger partial charge in [-0.05, 0) is 5.56 Å². The summed E-state index contributed by atoms with van der Waals surface area (Å²) in [6, 6.07) is 9.86. The minimum absolute atomic E-state index is 0.123. The molecule has 2 heterocycles. The van der Waals surface area contributed by atoms with Crippen LogP contribution in [0.1, 0.15) is 29.1 Å². The normalized spacial score (nSPS) is 17.8. The van der Waals surface area contributed by atoms with Crippen molar-refractivity contribution in [2.75, 3.05) is 25.0 Å². The highest BCUT2D eigenvalue weighted by Gasteiger charge is 2.27. The number of carbonyl (C=O) groups is 2. The number of ether oxygens (including phenoxy) is 1. The van der Waals surface area contributed by atoms with E-state index in [9.17, 15) is 9.59 Å². The molecule has 0 radical (unpaired) electrons. The summed E-state index contributed by atoms with van der Waals surface area (Å²) in [6.45, 7) is 2.94. The lowest BCUT2D eigenvalue weighted by atomic mass is 10.1. The molecule has 1 fully saturated rings. The molecule has 0 spiro atoms. The van der Waals surface area contributed by atoms with Crippen LogP contribution in [-0.4, -0.2) is 41.4 Å². The van der Waals surface area contributed by atoms with Crippen LogP contribution in [0.5, 0.6) is 0 Å². The van der Waals surface area contributed by atoms with Crippen LogP contribution in [0, 0.1) is 0 Å². The van der Waals surface area contributed by atoms with E-state index in [1.807, 2.05) is 30.3 Å². The predicted molar refractivity (Wildman–Crippen MR) is 87.5 cm³/mol. The zero-order chi connectivity index (χ0) is 16.2. The number of hydrogen-bond acceptors (Lipinski definition) is 5. The van der Waals surface area contributed by atoms with E-state index in [-0.39, 0.29) is 17.9 Å². The van der Waals surface area contributed by atoms with E-state index in [0.29, 0.717) is 30.5 Å². The van der Waals surface area contributed by atoms with Crippen LogP contribution >= 0.6 is 11.3 Å². The third kappa shape index (κ3) is 3.75. The van der Waals surface area contributed by atoms with Gasteiger partial charge in [0.2, 0.25) is 5.91 Å². The number of anilines is 1. The van der Waals surface area contributed by atoms with E-state index in [2.05, 4.69) is 10.3 Å². The lowest BCUT2D eigenvalue weighted by Crippen LogP contribution is -2.42. The zero-order valence-corrected chi connectivity index (χ0v) is 13.5. The third-order valence-electron chi connectivity index (χ3n) is 3.53. The van der Waals surface area contributed by atoms with E-state index in [1.54, 1.807) is 10.3 Å². The summed E-state index contributed by atoms with van der Waals surface area (Å²) < 4.78 is 5.77. The van der Waals surface area contributed by atoms with Crippen molar-refractivity contribution in [2.45, 2.75) is 13.0 Å². The van der Waals surface area contributed by atoms with E-state index in [1.165, 1.54) is 18.3 Å². The summed E-state index contributed by atoms with van der Waals surface area (Å²) in [5.41, 5.74) is 1.41. The van der Waals surface area contributed by atoms with Gasteiger partial charge in [-0.3, -0.25) is 9.59 Å². The van der Waals surface area contributed by atoms with Gasteiger partial charge in [-0.1, -0.05) is 30.3 Å². The molecular formula is C16H17N3O3S. The Hall–Kier alpha value is -2.25. The first kappa shape index (κ1) is 15.6.